The highest BCUT2D eigenvalue weighted by atomic mass is 16.2. The van der Waals surface area contributed by atoms with Crippen LogP contribution in [0.1, 0.15) is 42.7 Å². The summed E-state index contributed by atoms with van der Waals surface area (Å²) in [4.78, 5) is 18.5. The molecular weight excluding hydrogens is 252 g/mol. The van der Waals surface area contributed by atoms with Gasteiger partial charge in [-0.05, 0) is 37.8 Å². The van der Waals surface area contributed by atoms with E-state index >= 15 is 0 Å². The monoisotopic (exact) mass is 272 g/mol. The molecule has 1 amide bonds. The molecule has 1 aromatic rings. The first-order valence-electron chi connectivity index (χ1n) is 6.98. The molecule has 1 fully saturated rings. The fourth-order valence-electron chi connectivity index (χ4n) is 2.59. The number of pyridine rings is 1. The van der Waals surface area contributed by atoms with E-state index in [2.05, 4.69) is 30.7 Å². The van der Waals surface area contributed by atoms with Crippen molar-refractivity contribution in [2.24, 2.45) is 5.92 Å². The van der Waals surface area contributed by atoms with Crippen LogP contribution in [0.4, 0.5) is 0 Å². The number of aliphatic hydroxyl groups excluding tert-OH is 1. The Morgan fingerprint density at radius 2 is 2.30 bits per heavy atom. The quantitative estimate of drug-likeness (QED) is 0.791. The summed E-state index contributed by atoms with van der Waals surface area (Å²) in [6, 6.07) is 3.73. The summed E-state index contributed by atoms with van der Waals surface area (Å²) in [5.41, 5.74) is 1.16. The van der Waals surface area contributed by atoms with Crippen LogP contribution in [0.25, 0.3) is 0 Å². The normalized spacial score (nSPS) is 22.1. The number of amides is 1. The van der Waals surface area contributed by atoms with Crippen LogP contribution in [0.15, 0.2) is 18.3 Å². The predicted molar refractivity (Wildman–Crippen MR) is 77.1 cm³/mol. The van der Waals surface area contributed by atoms with E-state index in [0.29, 0.717) is 17.2 Å². The lowest BCUT2D eigenvalue weighted by Crippen LogP contribution is -2.44. The van der Waals surface area contributed by atoms with E-state index in [4.69, 9.17) is 5.11 Å². The van der Waals surface area contributed by atoms with E-state index in [1.807, 2.05) is 4.90 Å². The zero-order valence-electron chi connectivity index (χ0n) is 12.0. The first kappa shape index (κ1) is 14.5. The van der Waals surface area contributed by atoms with Crippen molar-refractivity contribution in [2.45, 2.75) is 32.7 Å². The topological polar surface area (TPSA) is 53.4 Å². The molecule has 1 aliphatic heterocycles. The van der Waals surface area contributed by atoms with Crippen molar-refractivity contribution in [2.75, 3.05) is 13.2 Å². The van der Waals surface area contributed by atoms with Crippen molar-refractivity contribution in [1.29, 1.82) is 0 Å². The summed E-state index contributed by atoms with van der Waals surface area (Å²) in [7, 11) is 0. The zero-order valence-corrected chi connectivity index (χ0v) is 12.0. The number of hydrogen-bond donors (Lipinski definition) is 1. The molecular formula is C16H20N2O2. The van der Waals surface area contributed by atoms with Gasteiger partial charge in [0.05, 0.1) is 0 Å². The van der Waals surface area contributed by atoms with Crippen molar-refractivity contribution in [3.63, 3.8) is 0 Å². The second-order valence-electron chi connectivity index (χ2n) is 5.37. The Morgan fingerprint density at radius 3 is 2.90 bits per heavy atom. The van der Waals surface area contributed by atoms with Crippen LogP contribution in [0.2, 0.25) is 0 Å². The van der Waals surface area contributed by atoms with E-state index in [0.717, 1.165) is 19.4 Å². The molecule has 1 N–H and O–H groups in total. The molecule has 0 radical (unpaired) electrons. The average Bonchev–Trinajstić information content (AvgIpc) is 2.45. The minimum atomic E-state index is -0.176. The minimum absolute atomic E-state index is 0.00827. The van der Waals surface area contributed by atoms with Crippen molar-refractivity contribution in [3.05, 3.63) is 29.6 Å². The maximum atomic E-state index is 12.4. The van der Waals surface area contributed by atoms with E-state index < -0.39 is 0 Å². The van der Waals surface area contributed by atoms with Gasteiger partial charge < -0.3 is 10.0 Å². The highest BCUT2D eigenvalue weighted by molar-refractivity contribution is 5.92. The number of nitrogens with zero attached hydrogens (tertiary/aromatic N) is 2. The Kier molecular flexibility index (Phi) is 4.75. The average molecular weight is 272 g/mol. The Morgan fingerprint density at radius 1 is 1.50 bits per heavy atom. The number of carbonyl (C=O) groups excluding carboxylic acids is 1. The lowest BCUT2D eigenvalue weighted by atomic mass is 9.93. The summed E-state index contributed by atoms with van der Waals surface area (Å²) in [6.45, 7) is 4.94. The van der Waals surface area contributed by atoms with Crippen LogP contribution in [-0.4, -0.2) is 40.1 Å². The van der Waals surface area contributed by atoms with Crippen LogP contribution in [0, 0.1) is 17.8 Å². The van der Waals surface area contributed by atoms with Gasteiger partial charge in [-0.3, -0.25) is 4.79 Å². The molecule has 20 heavy (non-hydrogen) atoms. The van der Waals surface area contributed by atoms with Crippen molar-refractivity contribution >= 4 is 5.91 Å². The number of hydrogen-bond acceptors (Lipinski definition) is 3. The van der Waals surface area contributed by atoms with Gasteiger partial charge in [0.1, 0.15) is 12.3 Å². The first-order chi connectivity index (χ1) is 9.61. The fraction of sp³-hybridized carbons (Fsp3) is 0.500. The van der Waals surface area contributed by atoms with E-state index in [1.54, 1.807) is 18.3 Å². The van der Waals surface area contributed by atoms with Gasteiger partial charge in [-0.25, -0.2) is 4.98 Å². The lowest BCUT2D eigenvalue weighted by molar-refractivity contribution is 0.0582. The third-order valence-electron chi connectivity index (χ3n) is 3.69. The van der Waals surface area contributed by atoms with Gasteiger partial charge >= 0.3 is 0 Å². The molecule has 2 rings (SSSR count). The molecule has 1 aliphatic rings. The molecule has 0 aromatic carbocycles. The predicted octanol–water partition coefficient (Wildman–Crippen LogP) is 1.69. The molecule has 4 heteroatoms. The molecule has 0 spiro atoms. The molecule has 0 bridgehead atoms. The Balaban J connectivity index is 2.09. The van der Waals surface area contributed by atoms with Gasteiger partial charge in [-0.1, -0.05) is 18.8 Å². The molecule has 106 valence electrons. The molecule has 0 saturated carbocycles. The molecule has 1 aromatic heterocycles. The second kappa shape index (κ2) is 6.53. The standard InChI is InChI=1S/C16H20N2O2/c1-12-7-8-18(13(2)10-12)16(20)15-6-5-14(11-17-15)4-3-9-19/h5-6,11-13,19H,7-10H2,1-2H3. The van der Waals surface area contributed by atoms with Gasteiger partial charge in [0.15, 0.2) is 0 Å². The second-order valence-corrected chi connectivity index (χ2v) is 5.37. The smallest absolute Gasteiger partial charge is 0.272 e. The van der Waals surface area contributed by atoms with E-state index in [9.17, 15) is 4.79 Å². The summed E-state index contributed by atoms with van der Waals surface area (Å²) in [5, 5.41) is 8.64. The summed E-state index contributed by atoms with van der Waals surface area (Å²) < 4.78 is 0. The van der Waals surface area contributed by atoms with Gasteiger partial charge in [-0.2, -0.15) is 0 Å². The minimum Gasteiger partial charge on any atom is -0.384 e. The Labute approximate surface area is 119 Å². The number of carbonyl (C=O) groups is 1. The van der Waals surface area contributed by atoms with E-state index in [-0.39, 0.29) is 18.6 Å². The number of piperidine rings is 1. The van der Waals surface area contributed by atoms with Gasteiger partial charge in [0.25, 0.3) is 5.91 Å². The molecule has 2 unspecified atom stereocenters. The van der Waals surface area contributed by atoms with Gasteiger partial charge in [-0.15, -0.1) is 0 Å². The Bertz CT molecular complexity index is 528. The molecule has 2 atom stereocenters. The van der Waals surface area contributed by atoms with Crippen LogP contribution >= 0.6 is 0 Å². The molecule has 4 nitrogen and oxygen atoms in total. The Hall–Kier alpha value is -1.86. The third kappa shape index (κ3) is 3.37. The summed E-state index contributed by atoms with van der Waals surface area (Å²) in [5.74, 6) is 6.00. The lowest BCUT2D eigenvalue weighted by Gasteiger charge is -2.36. The SMILES string of the molecule is CC1CCN(C(=O)c2ccc(C#CCO)cn2)C(C)C1. The number of aromatic nitrogens is 1. The number of aliphatic hydroxyl groups is 1. The highest BCUT2D eigenvalue weighted by Gasteiger charge is 2.27. The highest BCUT2D eigenvalue weighted by Crippen LogP contribution is 2.23. The van der Waals surface area contributed by atoms with Crippen molar-refractivity contribution in [3.8, 4) is 11.8 Å². The van der Waals surface area contributed by atoms with Crippen LogP contribution in [0.3, 0.4) is 0 Å². The maximum absolute atomic E-state index is 12.4. The molecule has 1 saturated heterocycles. The van der Waals surface area contributed by atoms with Crippen LogP contribution in [0.5, 0.6) is 0 Å². The van der Waals surface area contributed by atoms with E-state index in [1.165, 1.54) is 0 Å². The zero-order chi connectivity index (χ0) is 14.5. The number of likely N-dealkylation sites (tertiary alicyclic amines) is 1. The summed E-state index contributed by atoms with van der Waals surface area (Å²) in [6.07, 6.45) is 3.68. The number of rotatable bonds is 1. The van der Waals surface area contributed by atoms with Crippen molar-refractivity contribution < 1.29 is 9.90 Å². The van der Waals surface area contributed by atoms with Gasteiger partial charge in [0, 0.05) is 24.3 Å². The van der Waals surface area contributed by atoms with Crippen LogP contribution in [-0.2, 0) is 0 Å². The van der Waals surface area contributed by atoms with Crippen molar-refractivity contribution in [1.82, 2.24) is 9.88 Å². The molecule has 2 heterocycles. The largest absolute Gasteiger partial charge is 0.384 e. The summed E-state index contributed by atoms with van der Waals surface area (Å²) >= 11 is 0. The third-order valence-corrected chi connectivity index (χ3v) is 3.69. The first-order valence-corrected chi connectivity index (χ1v) is 6.98. The fourth-order valence-corrected chi connectivity index (χ4v) is 2.59. The maximum Gasteiger partial charge on any atom is 0.272 e. The van der Waals surface area contributed by atoms with Crippen LogP contribution < -0.4 is 0 Å². The van der Waals surface area contributed by atoms with Gasteiger partial charge in [0.2, 0.25) is 0 Å². The molecule has 0 aliphatic carbocycles.